The number of carbonyl (C=O) groups is 1. The highest BCUT2D eigenvalue weighted by molar-refractivity contribution is 5.80. The van der Waals surface area contributed by atoms with E-state index in [0.717, 1.165) is 25.9 Å². The quantitative estimate of drug-likeness (QED) is 0.530. The maximum Gasteiger partial charge on any atom is 0.250 e. The molecule has 0 aromatic heterocycles. The molecule has 5 nitrogen and oxygen atoms in total. The molecular weight excluding hydrogens is 196 g/mol. The number of amides is 1. The van der Waals surface area contributed by atoms with Crippen molar-refractivity contribution in [2.24, 2.45) is 5.73 Å². The van der Waals surface area contributed by atoms with Gasteiger partial charge >= 0.3 is 0 Å². The molecule has 0 aliphatic carbocycles. The van der Waals surface area contributed by atoms with Crippen LogP contribution in [-0.4, -0.2) is 45.9 Å². The zero-order valence-electron chi connectivity index (χ0n) is 9.62. The van der Waals surface area contributed by atoms with Gasteiger partial charge in [-0.05, 0) is 19.3 Å². The highest BCUT2D eigenvalue weighted by Gasteiger charge is 2.14. The summed E-state index contributed by atoms with van der Waals surface area (Å²) >= 11 is 0. The molecule has 0 aliphatic heterocycles. The fraction of sp³-hybridized carbons (Fsp3) is 0.900. The Morgan fingerprint density at radius 2 is 2.07 bits per heavy atom. The van der Waals surface area contributed by atoms with Crippen molar-refractivity contribution >= 4 is 5.91 Å². The molecule has 5 heteroatoms. The van der Waals surface area contributed by atoms with Gasteiger partial charge in [0.15, 0.2) is 0 Å². The van der Waals surface area contributed by atoms with E-state index < -0.39 is 6.10 Å². The molecule has 3 N–H and O–H groups in total. The second-order valence-corrected chi connectivity index (χ2v) is 3.30. The summed E-state index contributed by atoms with van der Waals surface area (Å²) in [6, 6.07) is 0. The van der Waals surface area contributed by atoms with Crippen molar-refractivity contribution in [1.29, 1.82) is 0 Å². The van der Waals surface area contributed by atoms with E-state index in [1.807, 2.05) is 0 Å². The summed E-state index contributed by atoms with van der Waals surface area (Å²) in [6.07, 6.45) is 2.51. The second-order valence-electron chi connectivity index (χ2n) is 3.30. The summed E-state index contributed by atoms with van der Waals surface area (Å²) in [7, 11) is 3.17. The van der Waals surface area contributed by atoms with Crippen LogP contribution in [0, 0.1) is 0 Å². The van der Waals surface area contributed by atoms with Crippen LogP contribution in [0.1, 0.15) is 19.3 Å². The van der Waals surface area contributed by atoms with Crippen molar-refractivity contribution in [2.75, 3.05) is 33.9 Å². The molecule has 1 amide bonds. The number of unbranched alkanes of at least 4 members (excludes halogenated alkanes) is 2. The fourth-order valence-electron chi connectivity index (χ4n) is 1.18. The second kappa shape index (κ2) is 9.89. The normalized spacial score (nSPS) is 12.5. The lowest BCUT2D eigenvalue weighted by Crippen LogP contribution is -2.40. The van der Waals surface area contributed by atoms with E-state index in [2.05, 4.69) is 5.32 Å². The van der Waals surface area contributed by atoms with Gasteiger partial charge in [-0.15, -0.1) is 0 Å². The minimum atomic E-state index is -0.524. The monoisotopic (exact) mass is 218 g/mol. The largest absolute Gasteiger partial charge is 0.385 e. The number of hydrogen-bond donors (Lipinski definition) is 2. The third-order valence-electron chi connectivity index (χ3n) is 2.12. The van der Waals surface area contributed by atoms with Crippen LogP contribution >= 0.6 is 0 Å². The van der Waals surface area contributed by atoms with Gasteiger partial charge in [0, 0.05) is 33.9 Å². The van der Waals surface area contributed by atoms with Crippen molar-refractivity contribution in [3.8, 4) is 0 Å². The van der Waals surface area contributed by atoms with Crippen molar-refractivity contribution in [2.45, 2.75) is 25.4 Å². The molecule has 0 saturated carbocycles. The van der Waals surface area contributed by atoms with Crippen molar-refractivity contribution in [3.63, 3.8) is 0 Å². The first-order chi connectivity index (χ1) is 7.26. The number of hydrogen-bond acceptors (Lipinski definition) is 4. The van der Waals surface area contributed by atoms with Gasteiger partial charge in [-0.2, -0.15) is 0 Å². The Bertz CT molecular complexity index is 161. The van der Waals surface area contributed by atoms with Gasteiger partial charge < -0.3 is 20.5 Å². The van der Waals surface area contributed by atoms with Crippen LogP contribution in [0.2, 0.25) is 0 Å². The first kappa shape index (κ1) is 14.3. The molecule has 0 fully saturated rings. The van der Waals surface area contributed by atoms with Gasteiger partial charge in [-0.25, -0.2) is 0 Å². The summed E-state index contributed by atoms with van der Waals surface area (Å²) in [5.41, 5.74) is 5.35. The summed E-state index contributed by atoms with van der Waals surface area (Å²) in [5.74, 6) is -0.133. The van der Waals surface area contributed by atoms with E-state index in [0.29, 0.717) is 6.54 Å². The van der Waals surface area contributed by atoms with Gasteiger partial charge in [-0.1, -0.05) is 0 Å². The first-order valence-corrected chi connectivity index (χ1v) is 5.25. The number of nitrogens with two attached hydrogens (primary N) is 1. The van der Waals surface area contributed by atoms with Crippen LogP contribution in [0.25, 0.3) is 0 Å². The Kier molecular flexibility index (Phi) is 9.46. The van der Waals surface area contributed by atoms with Crippen LogP contribution in [0.4, 0.5) is 0 Å². The molecular formula is C10H22N2O3. The zero-order chi connectivity index (χ0) is 11.5. The van der Waals surface area contributed by atoms with Gasteiger partial charge in [0.1, 0.15) is 6.10 Å². The molecule has 0 aromatic rings. The zero-order valence-corrected chi connectivity index (χ0v) is 9.62. The average Bonchev–Trinajstić information content (AvgIpc) is 2.25. The maximum absolute atomic E-state index is 11.4. The maximum atomic E-state index is 11.4. The Morgan fingerprint density at radius 3 is 2.60 bits per heavy atom. The van der Waals surface area contributed by atoms with Gasteiger partial charge in [0.2, 0.25) is 5.91 Å². The smallest absolute Gasteiger partial charge is 0.250 e. The van der Waals surface area contributed by atoms with Crippen LogP contribution in [0.5, 0.6) is 0 Å². The summed E-state index contributed by atoms with van der Waals surface area (Å²) in [4.78, 5) is 11.4. The SMILES string of the molecule is COCCCCCNC(=O)C(CN)OC. The Balaban J connectivity index is 3.38. The summed E-state index contributed by atoms with van der Waals surface area (Å²) < 4.78 is 9.82. The van der Waals surface area contributed by atoms with Crippen LogP contribution in [-0.2, 0) is 14.3 Å². The standard InChI is InChI=1S/C10H22N2O3/c1-14-7-5-3-4-6-12-10(13)9(8-11)15-2/h9H,3-8,11H2,1-2H3,(H,12,13). The minimum absolute atomic E-state index is 0.133. The predicted molar refractivity (Wildman–Crippen MR) is 58.6 cm³/mol. The first-order valence-electron chi connectivity index (χ1n) is 5.25. The van der Waals surface area contributed by atoms with Crippen molar-refractivity contribution < 1.29 is 14.3 Å². The molecule has 0 bridgehead atoms. The minimum Gasteiger partial charge on any atom is -0.385 e. The summed E-state index contributed by atoms with van der Waals surface area (Å²) in [6.45, 7) is 1.66. The fourth-order valence-corrected chi connectivity index (χ4v) is 1.18. The van der Waals surface area contributed by atoms with E-state index >= 15 is 0 Å². The molecule has 0 rings (SSSR count). The Morgan fingerprint density at radius 1 is 1.33 bits per heavy atom. The highest BCUT2D eigenvalue weighted by Crippen LogP contribution is 1.94. The van der Waals surface area contributed by atoms with Crippen molar-refractivity contribution in [1.82, 2.24) is 5.32 Å². The van der Waals surface area contributed by atoms with E-state index in [-0.39, 0.29) is 12.5 Å². The molecule has 0 radical (unpaired) electrons. The Hall–Kier alpha value is -0.650. The van der Waals surface area contributed by atoms with Crippen LogP contribution in [0.3, 0.4) is 0 Å². The van der Waals surface area contributed by atoms with Gasteiger partial charge in [0.25, 0.3) is 0 Å². The van der Waals surface area contributed by atoms with E-state index in [9.17, 15) is 4.79 Å². The summed E-state index contributed by atoms with van der Waals surface area (Å²) in [5, 5.41) is 2.78. The lowest BCUT2D eigenvalue weighted by Gasteiger charge is -2.12. The van der Waals surface area contributed by atoms with E-state index in [4.69, 9.17) is 15.2 Å². The number of carbonyl (C=O) groups excluding carboxylic acids is 1. The van der Waals surface area contributed by atoms with Crippen LogP contribution < -0.4 is 11.1 Å². The Labute approximate surface area is 91.3 Å². The lowest BCUT2D eigenvalue weighted by atomic mass is 10.2. The van der Waals surface area contributed by atoms with Gasteiger partial charge in [0.05, 0.1) is 0 Å². The number of nitrogens with one attached hydrogen (secondary N) is 1. The molecule has 90 valence electrons. The lowest BCUT2D eigenvalue weighted by molar-refractivity contribution is -0.130. The number of rotatable bonds is 9. The third-order valence-corrected chi connectivity index (χ3v) is 2.12. The molecule has 1 unspecified atom stereocenters. The molecule has 0 heterocycles. The molecule has 1 atom stereocenters. The number of methoxy groups -OCH3 is 2. The predicted octanol–water partition coefficient (Wildman–Crippen LogP) is -0.107. The van der Waals surface area contributed by atoms with E-state index in [1.165, 1.54) is 7.11 Å². The molecule has 0 aliphatic rings. The third kappa shape index (κ3) is 7.30. The molecule has 0 aromatic carbocycles. The molecule has 0 spiro atoms. The van der Waals surface area contributed by atoms with E-state index in [1.54, 1.807) is 7.11 Å². The van der Waals surface area contributed by atoms with Crippen LogP contribution in [0.15, 0.2) is 0 Å². The van der Waals surface area contributed by atoms with Crippen molar-refractivity contribution in [3.05, 3.63) is 0 Å². The molecule has 15 heavy (non-hydrogen) atoms. The number of ether oxygens (including phenoxy) is 2. The topological polar surface area (TPSA) is 73.6 Å². The molecule has 0 saturated heterocycles. The average molecular weight is 218 g/mol. The van der Waals surface area contributed by atoms with Gasteiger partial charge in [-0.3, -0.25) is 4.79 Å². The highest BCUT2D eigenvalue weighted by atomic mass is 16.5.